The Hall–Kier alpha value is -0.960. The Morgan fingerprint density at radius 2 is 1.86 bits per heavy atom. The third-order valence-electron chi connectivity index (χ3n) is 4.20. The van der Waals surface area contributed by atoms with Crippen molar-refractivity contribution < 1.29 is 16.8 Å². The van der Waals surface area contributed by atoms with Crippen LogP contribution in [0.25, 0.3) is 0 Å². The second-order valence-corrected chi connectivity index (χ2v) is 10.2. The summed E-state index contributed by atoms with van der Waals surface area (Å²) < 4.78 is 50.6. The van der Waals surface area contributed by atoms with Gasteiger partial charge in [0.2, 0.25) is 10.0 Å². The highest BCUT2D eigenvalue weighted by atomic mass is 32.2. The number of rotatable bonds is 5. The smallest absolute Gasteiger partial charge is 0.243 e. The number of hydrogen-bond acceptors (Lipinski definition) is 5. The first-order valence-electron chi connectivity index (χ1n) is 7.18. The van der Waals surface area contributed by atoms with Crippen LogP contribution in [0.15, 0.2) is 34.1 Å². The summed E-state index contributed by atoms with van der Waals surface area (Å²) in [7, 11) is -7.13. The van der Waals surface area contributed by atoms with Crippen LogP contribution in [0.2, 0.25) is 0 Å². The molecule has 2 rings (SSSR count). The van der Waals surface area contributed by atoms with E-state index in [2.05, 4.69) is 0 Å². The maximum atomic E-state index is 12.7. The van der Waals surface area contributed by atoms with Gasteiger partial charge >= 0.3 is 0 Å². The number of nitrogens with two attached hydrogens (primary N) is 1. The predicted octanol–water partition coefficient (Wildman–Crippen LogP) is 0.840. The van der Waals surface area contributed by atoms with Crippen LogP contribution >= 0.6 is 0 Å². The van der Waals surface area contributed by atoms with Crippen LogP contribution < -0.4 is 5.73 Å². The van der Waals surface area contributed by atoms with Crippen molar-refractivity contribution in [3.63, 3.8) is 0 Å². The Morgan fingerprint density at radius 1 is 1.23 bits per heavy atom. The summed E-state index contributed by atoms with van der Waals surface area (Å²) in [6, 6.07) is 5.56. The minimum absolute atomic E-state index is 0.0169. The first kappa shape index (κ1) is 17.4. The van der Waals surface area contributed by atoms with Gasteiger partial charge in [0.1, 0.15) is 0 Å². The molecule has 8 heteroatoms. The monoisotopic (exact) mass is 346 g/mol. The van der Waals surface area contributed by atoms with E-state index < -0.39 is 19.9 Å². The van der Waals surface area contributed by atoms with Crippen molar-refractivity contribution >= 4 is 19.9 Å². The van der Waals surface area contributed by atoms with Crippen molar-refractivity contribution in [1.82, 2.24) is 4.31 Å². The molecule has 0 spiro atoms. The molecule has 1 aromatic carbocycles. The summed E-state index contributed by atoms with van der Waals surface area (Å²) >= 11 is 0. The molecule has 0 bridgehead atoms. The second kappa shape index (κ2) is 5.92. The first-order valence-corrected chi connectivity index (χ1v) is 10.3. The molecule has 1 aromatic rings. The fourth-order valence-corrected chi connectivity index (χ4v) is 5.13. The maximum absolute atomic E-state index is 12.7. The van der Waals surface area contributed by atoms with E-state index in [0.29, 0.717) is 26.1 Å². The Labute approximate surface area is 132 Å². The van der Waals surface area contributed by atoms with E-state index in [1.807, 2.05) is 6.92 Å². The zero-order chi connectivity index (χ0) is 16.6. The molecule has 22 heavy (non-hydrogen) atoms. The van der Waals surface area contributed by atoms with E-state index in [4.69, 9.17) is 5.73 Å². The van der Waals surface area contributed by atoms with Gasteiger partial charge in [0.15, 0.2) is 9.84 Å². The van der Waals surface area contributed by atoms with Crippen molar-refractivity contribution in [2.75, 3.05) is 25.4 Å². The summed E-state index contributed by atoms with van der Waals surface area (Å²) in [5.41, 5.74) is 5.49. The predicted molar refractivity (Wildman–Crippen MR) is 84.7 cm³/mol. The molecule has 1 aliphatic heterocycles. The zero-order valence-electron chi connectivity index (χ0n) is 12.8. The fourth-order valence-electron chi connectivity index (χ4n) is 2.49. The highest BCUT2D eigenvalue weighted by Crippen LogP contribution is 2.32. The van der Waals surface area contributed by atoms with Gasteiger partial charge in [-0.15, -0.1) is 0 Å². The molecular weight excluding hydrogens is 324 g/mol. The molecule has 1 heterocycles. The van der Waals surface area contributed by atoms with Gasteiger partial charge in [-0.2, -0.15) is 4.31 Å². The summed E-state index contributed by atoms with van der Waals surface area (Å²) in [5.74, 6) is -0.0640. The number of benzene rings is 1. The van der Waals surface area contributed by atoms with Crippen LogP contribution in [-0.4, -0.2) is 46.5 Å². The van der Waals surface area contributed by atoms with Gasteiger partial charge in [0.05, 0.1) is 15.5 Å². The minimum Gasteiger partial charge on any atom is -0.330 e. The van der Waals surface area contributed by atoms with E-state index in [-0.39, 0.29) is 21.0 Å². The van der Waals surface area contributed by atoms with Gasteiger partial charge in [-0.25, -0.2) is 16.8 Å². The molecule has 0 amide bonds. The van der Waals surface area contributed by atoms with Gasteiger partial charge in [0, 0.05) is 13.1 Å². The van der Waals surface area contributed by atoms with Crippen LogP contribution in [0.5, 0.6) is 0 Å². The third-order valence-corrected chi connectivity index (χ3v) is 7.77. The molecule has 1 saturated heterocycles. The normalized spacial score (nSPS) is 23.8. The average molecular weight is 346 g/mol. The highest BCUT2D eigenvalue weighted by Gasteiger charge is 2.39. The van der Waals surface area contributed by atoms with Crippen LogP contribution in [0.1, 0.15) is 20.3 Å². The maximum Gasteiger partial charge on any atom is 0.243 e. The van der Waals surface area contributed by atoms with Crippen LogP contribution in [0.3, 0.4) is 0 Å². The molecule has 124 valence electrons. The molecule has 1 fully saturated rings. The zero-order valence-corrected chi connectivity index (χ0v) is 14.5. The van der Waals surface area contributed by atoms with Crippen molar-refractivity contribution in [3.8, 4) is 0 Å². The minimum atomic E-state index is -3.70. The summed E-state index contributed by atoms with van der Waals surface area (Å²) in [6.45, 7) is 4.67. The summed E-state index contributed by atoms with van der Waals surface area (Å²) in [4.78, 5) is 0.0557. The highest BCUT2D eigenvalue weighted by molar-refractivity contribution is 7.91. The third kappa shape index (κ3) is 3.19. The summed E-state index contributed by atoms with van der Waals surface area (Å²) in [6.07, 6.45) is 0.704. The van der Waals surface area contributed by atoms with Gasteiger partial charge in [0.25, 0.3) is 0 Å². The molecule has 1 aliphatic rings. The molecule has 1 atom stereocenters. The first-order chi connectivity index (χ1) is 10.1. The van der Waals surface area contributed by atoms with Gasteiger partial charge in [-0.05, 0) is 36.6 Å². The molecule has 2 N–H and O–H groups in total. The lowest BCUT2D eigenvalue weighted by molar-refractivity contribution is 0.349. The Kier molecular flexibility index (Phi) is 4.68. The number of nitrogens with zero attached hydrogens (tertiary/aromatic N) is 1. The van der Waals surface area contributed by atoms with Crippen LogP contribution in [0.4, 0.5) is 0 Å². The Balaban J connectivity index is 2.38. The standard InChI is InChI=1S/C14H22N2O4S2/c1-3-21(17,18)12-5-4-6-13(9-12)22(19,20)16-8-7-14(2,10-15)11-16/h4-6,9H,3,7-8,10-11,15H2,1-2H3. The van der Waals surface area contributed by atoms with Crippen molar-refractivity contribution in [2.24, 2.45) is 11.1 Å². The summed E-state index contributed by atoms with van der Waals surface area (Å²) in [5, 5.41) is 0. The quantitative estimate of drug-likeness (QED) is 0.852. The average Bonchev–Trinajstić information content (AvgIpc) is 2.91. The van der Waals surface area contributed by atoms with E-state index in [0.717, 1.165) is 0 Å². The lowest BCUT2D eigenvalue weighted by Crippen LogP contribution is -2.34. The van der Waals surface area contributed by atoms with Gasteiger partial charge in [-0.1, -0.05) is 19.9 Å². The second-order valence-electron chi connectivity index (χ2n) is 5.98. The SMILES string of the molecule is CCS(=O)(=O)c1cccc(S(=O)(=O)N2CCC(C)(CN)C2)c1. The van der Waals surface area contributed by atoms with Crippen LogP contribution in [0, 0.1) is 5.41 Å². The molecule has 0 saturated carbocycles. The Bertz CT molecular complexity index is 759. The van der Waals surface area contributed by atoms with Crippen molar-refractivity contribution in [2.45, 2.75) is 30.1 Å². The number of hydrogen-bond donors (Lipinski definition) is 1. The molecule has 0 aromatic heterocycles. The molecule has 0 radical (unpaired) electrons. The lowest BCUT2D eigenvalue weighted by Gasteiger charge is -2.22. The number of sulfone groups is 1. The number of sulfonamides is 1. The molecule has 0 aliphatic carbocycles. The fraction of sp³-hybridized carbons (Fsp3) is 0.571. The van der Waals surface area contributed by atoms with E-state index in [1.165, 1.54) is 35.5 Å². The van der Waals surface area contributed by atoms with Gasteiger partial charge in [-0.3, -0.25) is 0 Å². The Morgan fingerprint density at radius 3 is 2.41 bits per heavy atom. The molecule has 1 unspecified atom stereocenters. The lowest BCUT2D eigenvalue weighted by atomic mass is 9.90. The molecular formula is C14H22N2O4S2. The molecule has 6 nitrogen and oxygen atoms in total. The van der Waals surface area contributed by atoms with Crippen molar-refractivity contribution in [1.29, 1.82) is 0 Å². The van der Waals surface area contributed by atoms with E-state index >= 15 is 0 Å². The van der Waals surface area contributed by atoms with Gasteiger partial charge < -0.3 is 5.73 Å². The largest absolute Gasteiger partial charge is 0.330 e. The van der Waals surface area contributed by atoms with E-state index in [9.17, 15) is 16.8 Å². The topological polar surface area (TPSA) is 97.5 Å². The van der Waals surface area contributed by atoms with Crippen molar-refractivity contribution in [3.05, 3.63) is 24.3 Å². The van der Waals surface area contributed by atoms with E-state index in [1.54, 1.807) is 0 Å². The van der Waals surface area contributed by atoms with Crippen LogP contribution in [-0.2, 0) is 19.9 Å².